The van der Waals surface area contributed by atoms with Gasteiger partial charge in [-0.1, -0.05) is 84.4 Å². The minimum atomic E-state index is -0.685. The molecule has 6 rings (SSSR count). The molecular formula is C33H20ClF2N3O2. The van der Waals surface area contributed by atoms with Gasteiger partial charge in [-0.15, -0.1) is 0 Å². The van der Waals surface area contributed by atoms with Gasteiger partial charge >= 0.3 is 0 Å². The lowest BCUT2D eigenvalue weighted by atomic mass is 9.93. The Morgan fingerprint density at radius 3 is 1.68 bits per heavy atom. The first kappa shape index (κ1) is 26.1. The van der Waals surface area contributed by atoms with Crippen molar-refractivity contribution in [2.75, 3.05) is 0 Å². The van der Waals surface area contributed by atoms with Gasteiger partial charge in [0.1, 0.15) is 23.1 Å². The predicted molar refractivity (Wildman–Crippen MR) is 155 cm³/mol. The van der Waals surface area contributed by atoms with Crippen LogP contribution in [0, 0.1) is 11.6 Å². The van der Waals surface area contributed by atoms with Gasteiger partial charge in [0.15, 0.2) is 17.5 Å². The summed E-state index contributed by atoms with van der Waals surface area (Å²) < 4.78 is 30.5. The van der Waals surface area contributed by atoms with Crippen LogP contribution in [0.3, 0.4) is 0 Å². The summed E-state index contributed by atoms with van der Waals surface area (Å²) in [7, 11) is 0. The van der Waals surface area contributed by atoms with Crippen LogP contribution < -0.4 is 0 Å². The number of aromatic hydroxyl groups is 2. The molecule has 0 aliphatic carbocycles. The quantitative estimate of drug-likeness (QED) is 0.220. The zero-order chi connectivity index (χ0) is 28.5. The van der Waals surface area contributed by atoms with Crippen molar-refractivity contribution in [3.8, 4) is 67.9 Å². The highest BCUT2D eigenvalue weighted by Crippen LogP contribution is 2.44. The van der Waals surface area contributed by atoms with Crippen molar-refractivity contribution < 1.29 is 19.0 Å². The number of aromatic nitrogens is 3. The second kappa shape index (κ2) is 10.8. The maximum absolute atomic E-state index is 15.7. The number of benzene rings is 5. The Morgan fingerprint density at radius 2 is 1.07 bits per heavy atom. The van der Waals surface area contributed by atoms with Crippen LogP contribution in [-0.2, 0) is 0 Å². The zero-order valence-electron chi connectivity index (χ0n) is 21.3. The summed E-state index contributed by atoms with van der Waals surface area (Å²) in [6.07, 6.45) is 0. The maximum Gasteiger partial charge on any atom is 0.164 e. The lowest BCUT2D eigenvalue weighted by Gasteiger charge is -2.16. The number of hydrogen-bond donors (Lipinski definition) is 2. The van der Waals surface area contributed by atoms with Gasteiger partial charge in [-0.05, 0) is 30.3 Å². The topological polar surface area (TPSA) is 79.1 Å². The Bertz CT molecular complexity index is 1840. The van der Waals surface area contributed by atoms with Crippen LogP contribution >= 0.6 is 11.6 Å². The van der Waals surface area contributed by atoms with Crippen molar-refractivity contribution in [1.82, 2.24) is 15.0 Å². The van der Waals surface area contributed by atoms with E-state index in [1.165, 1.54) is 30.3 Å². The second-order valence-corrected chi connectivity index (χ2v) is 9.65. The van der Waals surface area contributed by atoms with Gasteiger partial charge in [0.25, 0.3) is 0 Å². The Kier molecular flexibility index (Phi) is 6.87. The predicted octanol–water partition coefficient (Wildman–Crippen LogP) is 8.55. The Morgan fingerprint density at radius 1 is 0.488 bits per heavy atom. The van der Waals surface area contributed by atoms with E-state index in [1.54, 1.807) is 6.07 Å². The molecule has 200 valence electrons. The molecule has 5 nitrogen and oxygen atoms in total. The van der Waals surface area contributed by atoms with Crippen LogP contribution in [0.5, 0.6) is 11.5 Å². The van der Waals surface area contributed by atoms with E-state index in [4.69, 9.17) is 11.6 Å². The number of phenols is 2. The fourth-order valence-electron chi connectivity index (χ4n) is 4.61. The lowest BCUT2D eigenvalue weighted by Crippen LogP contribution is -2.02. The SMILES string of the molecule is Oc1cc(O)c(-c2c(F)cccc2-c2nc(-c3ccccc3)nc(-c3ccccc3)n2)cc1-c1ccc(Cl)cc1F. The third kappa shape index (κ3) is 5.11. The van der Waals surface area contributed by atoms with Crippen molar-refractivity contribution in [3.05, 3.63) is 126 Å². The molecule has 5 aromatic carbocycles. The molecule has 0 fully saturated rings. The zero-order valence-corrected chi connectivity index (χ0v) is 22.0. The minimum Gasteiger partial charge on any atom is -0.507 e. The molecule has 41 heavy (non-hydrogen) atoms. The van der Waals surface area contributed by atoms with E-state index in [-0.39, 0.29) is 44.4 Å². The highest BCUT2D eigenvalue weighted by Gasteiger charge is 2.22. The fourth-order valence-corrected chi connectivity index (χ4v) is 4.77. The summed E-state index contributed by atoms with van der Waals surface area (Å²) in [5.74, 6) is -1.23. The average molecular weight is 564 g/mol. The number of rotatable bonds is 5. The van der Waals surface area contributed by atoms with E-state index >= 15 is 4.39 Å². The van der Waals surface area contributed by atoms with Crippen LogP contribution in [-0.4, -0.2) is 25.2 Å². The average Bonchev–Trinajstić information content (AvgIpc) is 2.99. The Balaban J connectivity index is 1.59. The molecule has 2 N–H and O–H groups in total. The van der Waals surface area contributed by atoms with Crippen molar-refractivity contribution in [2.45, 2.75) is 0 Å². The molecule has 0 bridgehead atoms. The first-order valence-electron chi connectivity index (χ1n) is 12.6. The molecule has 0 amide bonds. The molecule has 8 heteroatoms. The van der Waals surface area contributed by atoms with Crippen LogP contribution in [0.15, 0.2) is 109 Å². The summed E-state index contributed by atoms with van der Waals surface area (Å²) in [5.41, 5.74) is 1.81. The van der Waals surface area contributed by atoms with Crippen molar-refractivity contribution in [3.63, 3.8) is 0 Å². The number of nitrogens with zero attached hydrogens (tertiary/aromatic N) is 3. The van der Waals surface area contributed by atoms with E-state index < -0.39 is 17.4 Å². The van der Waals surface area contributed by atoms with E-state index in [2.05, 4.69) is 15.0 Å². The molecule has 0 radical (unpaired) electrons. The smallest absolute Gasteiger partial charge is 0.164 e. The van der Waals surface area contributed by atoms with Gasteiger partial charge < -0.3 is 10.2 Å². The Hall–Kier alpha value is -5.14. The van der Waals surface area contributed by atoms with E-state index in [0.29, 0.717) is 11.6 Å². The van der Waals surface area contributed by atoms with Crippen molar-refractivity contribution in [2.24, 2.45) is 0 Å². The maximum atomic E-state index is 15.7. The van der Waals surface area contributed by atoms with Gasteiger partial charge in [0, 0.05) is 50.0 Å². The van der Waals surface area contributed by atoms with Gasteiger partial charge in [-0.25, -0.2) is 23.7 Å². The lowest BCUT2D eigenvalue weighted by molar-refractivity contribution is 0.452. The third-order valence-corrected chi connectivity index (χ3v) is 6.79. The fraction of sp³-hybridized carbons (Fsp3) is 0. The monoisotopic (exact) mass is 563 g/mol. The molecule has 1 aromatic heterocycles. The highest BCUT2D eigenvalue weighted by atomic mass is 35.5. The number of phenolic OH excluding ortho intramolecular Hbond substituents is 2. The molecule has 0 aliphatic heterocycles. The molecule has 0 unspecified atom stereocenters. The van der Waals surface area contributed by atoms with Gasteiger partial charge in [-0.3, -0.25) is 0 Å². The van der Waals surface area contributed by atoms with Crippen LogP contribution in [0.1, 0.15) is 0 Å². The highest BCUT2D eigenvalue weighted by molar-refractivity contribution is 6.30. The van der Waals surface area contributed by atoms with E-state index in [1.807, 2.05) is 60.7 Å². The molecule has 0 spiro atoms. The van der Waals surface area contributed by atoms with E-state index in [0.717, 1.165) is 23.3 Å². The molecule has 1 heterocycles. The summed E-state index contributed by atoms with van der Waals surface area (Å²) in [6.45, 7) is 0. The number of hydrogen-bond acceptors (Lipinski definition) is 5. The summed E-state index contributed by atoms with van der Waals surface area (Å²) in [4.78, 5) is 14.0. The molecular weight excluding hydrogens is 544 g/mol. The van der Waals surface area contributed by atoms with Crippen LogP contribution in [0.2, 0.25) is 5.02 Å². The van der Waals surface area contributed by atoms with Gasteiger partial charge in [0.05, 0.1) is 0 Å². The molecule has 0 saturated heterocycles. The normalized spacial score (nSPS) is 11.0. The van der Waals surface area contributed by atoms with Crippen molar-refractivity contribution in [1.29, 1.82) is 0 Å². The number of halogens is 3. The first-order chi connectivity index (χ1) is 19.9. The van der Waals surface area contributed by atoms with Crippen molar-refractivity contribution >= 4 is 11.6 Å². The molecule has 6 aromatic rings. The van der Waals surface area contributed by atoms with E-state index in [9.17, 15) is 14.6 Å². The van der Waals surface area contributed by atoms with Crippen LogP contribution in [0.4, 0.5) is 8.78 Å². The molecule has 0 saturated carbocycles. The Labute approximate surface area is 239 Å². The summed E-state index contributed by atoms with van der Waals surface area (Å²) >= 11 is 5.91. The second-order valence-electron chi connectivity index (χ2n) is 9.21. The molecule has 0 atom stereocenters. The summed E-state index contributed by atoms with van der Waals surface area (Å²) in [5, 5.41) is 21.7. The summed E-state index contributed by atoms with van der Waals surface area (Å²) in [6, 6.07) is 29.4. The molecule has 0 aliphatic rings. The first-order valence-corrected chi connectivity index (χ1v) is 12.9. The minimum absolute atomic E-state index is 0.0168. The van der Waals surface area contributed by atoms with Gasteiger partial charge in [0.2, 0.25) is 0 Å². The largest absolute Gasteiger partial charge is 0.507 e. The third-order valence-electron chi connectivity index (χ3n) is 6.56. The van der Waals surface area contributed by atoms with Crippen LogP contribution in [0.25, 0.3) is 56.4 Å². The van der Waals surface area contributed by atoms with Gasteiger partial charge in [-0.2, -0.15) is 0 Å². The standard InChI is InChI=1S/C33H20ClF2N3O2/c34-21-14-15-22(27(36)16-21)24-17-25(29(41)18-28(24)40)30-23(12-7-13-26(30)35)33-38-31(19-8-3-1-4-9-19)37-32(39-33)20-10-5-2-6-11-20/h1-18,40-41H.